The van der Waals surface area contributed by atoms with E-state index in [2.05, 4.69) is 11.4 Å². The lowest BCUT2D eigenvalue weighted by atomic mass is 9.97. The lowest BCUT2D eigenvalue weighted by Crippen LogP contribution is -2.45. The molecule has 0 heterocycles. The molecule has 5 nitrogen and oxygen atoms in total. The number of para-hydroxylation sites is 1. The Morgan fingerprint density at radius 3 is 2.32 bits per heavy atom. The van der Waals surface area contributed by atoms with Crippen molar-refractivity contribution in [2.24, 2.45) is 0 Å². The molecule has 0 unspecified atom stereocenters. The molecule has 0 radical (unpaired) electrons. The Balaban J connectivity index is 1.56. The first-order chi connectivity index (χ1) is 18.1. The fourth-order valence-electron chi connectivity index (χ4n) is 4.57. The number of nitrogens with zero attached hydrogens (tertiary/aromatic N) is 1. The van der Waals surface area contributed by atoms with Crippen LogP contribution in [0.1, 0.15) is 49.3 Å². The average molecular weight is 517 g/mol. The fourth-order valence-corrected chi connectivity index (χ4v) is 4.76. The number of benzene rings is 3. The summed E-state index contributed by atoms with van der Waals surface area (Å²) in [6.07, 6.45) is 7.77. The second-order valence-corrected chi connectivity index (χ2v) is 9.60. The van der Waals surface area contributed by atoms with Gasteiger partial charge in [0.05, 0.1) is 5.02 Å². The first-order valence-electron chi connectivity index (χ1n) is 12.8. The second kappa shape index (κ2) is 13.7. The van der Waals surface area contributed by atoms with E-state index in [1.807, 2.05) is 60.7 Å². The van der Waals surface area contributed by atoms with Crippen molar-refractivity contribution in [2.75, 3.05) is 13.2 Å². The van der Waals surface area contributed by atoms with E-state index in [1.54, 1.807) is 29.2 Å². The van der Waals surface area contributed by atoms with Crippen molar-refractivity contribution in [1.29, 1.82) is 0 Å². The lowest BCUT2D eigenvalue weighted by molar-refractivity contribution is -0.143. The number of rotatable bonds is 11. The minimum absolute atomic E-state index is 0.204. The van der Waals surface area contributed by atoms with Gasteiger partial charge in [0.25, 0.3) is 5.91 Å². The van der Waals surface area contributed by atoms with Gasteiger partial charge >= 0.3 is 0 Å². The van der Waals surface area contributed by atoms with Crippen LogP contribution in [0.25, 0.3) is 0 Å². The highest BCUT2D eigenvalue weighted by atomic mass is 35.5. The molecule has 37 heavy (non-hydrogen) atoms. The third kappa shape index (κ3) is 7.70. The third-order valence-electron chi connectivity index (χ3n) is 6.51. The number of carbonyl (C=O) groups is 2. The summed E-state index contributed by atoms with van der Waals surface area (Å²) in [5.41, 5.74) is 3.07. The summed E-state index contributed by atoms with van der Waals surface area (Å²) >= 11 is 6.23. The van der Waals surface area contributed by atoms with Crippen LogP contribution in [0, 0.1) is 0 Å². The molecule has 0 bridgehead atoms. The first kappa shape index (κ1) is 26.5. The van der Waals surface area contributed by atoms with Gasteiger partial charge in [0.2, 0.25) is 5.91 Å². The number of allylic oxidation sites excluding steroid dienone is 1. The highest BCUT2D eigenvalue weighted by Gasteiger charge is 2.31. The molecular weight excluding hydrogens is 484 g/mol. The van der Waals surface area contributed by atoms with Gasteiger partial charge in [-0.3, -0.25) is 9.59 Å². The molecule has 192 valence electrons. The van der Waals surface area contributed by atoms with Crippen LogP contribution in [0.2, 0.25) is 5.02 Å². The maximum absolute atomic E-state index is 13.7. The van der Waals surface area contributed by atoms with Crippen LogP contribution in [0.3, 0.4) is 0 Å². The molecule has 1 atom stereocenters. The number of halogens is 1. The van der Waals surface area contributed by atoms with Crippen molar-refractivity contribution >= 4 is 23.4 Å². The molecule has 3 aromatic rings. The molecule has 2 amide bonds. The zero-order chi connectivity index (χ0) is 25.9. The monoisotopic (exact) mass is 516 g/mol. The predicted octanol–water partition coefficient (Wildman–Crippen LogP) is 6.50. The van der Waals surface area contributed by atoms with E-state index in [9.17, 15) is 9.59 Å². The zero-order valence-electron chi connectivity index (χ0n) is 20.9. The second-order valence-electron chi connectivity index (χ2n) is 9.19. The van der Waals surface area contributed by atoms with Gasteiger partial charge < -0.3 is 15.0 Å². The minimum Gasteiger partial charge on any atom is -0.482 e. The van der Waals surface area contributed by atoms with E-state index in [4.69, 9.17) is 16.3 Å². The maximum atomic E-state index is 13.7. The molecule has 0 spiro atoms. The van der Waals surface area contributed by atoms with Crippen molar-refractivity contribution in [2.45, 2.75) is 44.7 Å². The van der Waals surface area contributed by atoms with Crippen molar-refractivity contribution in [3.05, 3.63) is 113 Å². The largest absolute Gasteiger partial charge is 0.482 e. The van der Waals surface area contributed by atoms with Crippen LogP contribution in [-0.2, 0) is 16.1 Å². The predicted molar refractivity (Wildman–Crippen MR) is 147 cm³/mol. The van der Waals surface area contributed by atoms with Crippen molar-refractivity contribution < 1.29 is 14.3 Å². The highest BCUT2D eigenvalue weighted by molar-refractivity contribution is 6.32. The molecule has 3 aromatic carbocycles. The molecule has 0 saturated carbocycles. The van der Waals surface area contributed by atoms with Gasteiger partial charge in [-0.15, -0.1) is 0 Å². The average Bonchev–Trinajstić information content (AvgIpc) is 2.94. The maximum Gasteiger partial charge on any atom is 0.261 e. The van der Waals surface area contributed by atoms with E-state index < -0.39 is 6.04 Å². The SMILES string of the molecule is O=C(NCCC1=CCCCC1)[C@H](c1ccccc1)N(Cc1ccccc1)C(=O)COc1ccccc1Cl. The number of amides is 2. The lowest BCUT2D eigenvalue weighted by Gasteiger charge is -2.31. The topological polar surface area (TPSA) is 58.6 Å². The van der Waals surface area contributed by atoms with Gasteiger partial charge in [0, 0.05) is 13.1 Å². The Labute approximate surface area is 224 Å². The Morgan fingerprint density at radius 1 is 0.919 bits per heavy atom. The Morgan fingerprint density at radius 2 is 1.62 bits per heavy atom. The fraction of sp³-hybridized carbons (Fsp3) is 0.290. The quantitative estimate of drug-likeness (QED) is 0.296. The molecule has 1 aliphatic rings. The summed E-state index contributed by atoms with van der Waals surface area (Å²) in [6.45, 7) is 0.571. The molecular formula is C31H33ClN2O3. The standard InChI is InChI=1S/C31H33ClN2O3/c32-27-18-10-11-19-28(27)37-23-29(35)34(22-25-14-6-2-7-15-25)30(26-16-8-3-9-17-26)31(36)33-21-20-24-12-4-1-5-13-24/h2-3,6-12,14-19,30H,1,4-5,13,20-23H2,(H,33,36)/t30-/m0/s1. The minimum atomic E-state index is -0.802. The van der Waals surface area contributed by atoms with E-state index in [0.717, 1.165) is 30.4 Å². The van der Waals surface area contributed by atoms with Crippen molar-refractivity contribution in [1.82, 2.24) is 10.2 Å². The number of ether oxygens (including phenoxy) is 1. The normalized spacial score (nSPS) is 13.8. The summed E-state index contributed by atoms with van der Waals surface area (Å²) in [5.74, 6) is -0.0777. The number of carbonyl (C=O) groups excluding carboxylic acids is 2. The van der Waals surface area contributed by atoms with Gasteiger partial charge in [-0.1, -0.05) is 96.0 Å². The molecule has 6 heteroatoms. The zero-order valence-corrected chi connectivity index (χ0v) is 21.7. The Hall–Kier alpha value is -3.57. The van der Waals surface area contributed by atoms with E-state index in [0.29, 0.717) is 17.3 Å². The van der Waals surface area contributed by atoms with Crippen LogP contribution in [0.4, 0.5) is 0 Å². The van der Waals surface area contributed by atoms with Gasteiger partial charge in [0.1, 0.15) is 11.8 Å². The summed E-state index contributed by atoms with van der Waals surface area (Å²) < 4.78 is 5.78. The molecule has 0 aromatic heterocycles. The molecule has 0 fully saturated rings. The van der Waals surface area contributed by atoms with E-state index >= 15 is 0 Å². The van der Waals surface area contributed by atoms with Crippen LogP contribution in [0.15, 0.2) is 96.6 Å². The molecule has 0 saturated heterocycles. The van der Waals surface area contributed by atoms with Crippen LogP contribution >= 0.6 is 11.6 Å². The first-order valence-corrected chi connectivity index (χ1v) is 13.2. The van der Waals surface area contributed by atoms with Crippen LogP contribution < -0.4 is 10.1 Å². The number of nitrogens with one attached hydrogen (secondary N) is 1. The van der Waals surface area contributed by atoms with Crippen LogP contribution in [-0.4, -0.2) is 29.9 Å². The Kier molecular flexibility index (Phi) is 9.78. The van der Waals surface area contributed by atoms with E-state index in [1.165, 1.54) is 18.4 Å². The third-order valence-corrected chi connectivity index (χ3v) is 6.82. The highest BCUT2D eigenvalue weighted by Crippen LogP contribution is 2.27. The van der Waals surface area contributed by atoms with Crippen LogP contribution in [0.5, 0.6) is 5.75 Å². The number of hydrogen-bond donors (Lipinski definition) is 1. The number of hydrogen-bond acceptors (Lipinski definition) is 3. The van der Waals surface area contributed by atoms with Gasteiger partial charge in [-0.05, 0) is 55.4 Å². The van der Waals surface area contributed by atoms with Gasteiger partial charge in [-0.2, -0.15) is 0 Å². The molecule has 1 aliphatic carbocycles. The molecule has 0 aliphatic heterocycles. The smallest absolute Gasteiger partial charge is 0.261 e. The van der Waals surface area contributed by atoms with Gasteiger partial charge in [0.15, 0.2) is 6.61 Å². The molecule has 4 rings (SSSR count). The summed E-state index contributed by atoms with van der Waals surface area (Å²) in [7, 11) is 0. The van der Waals surface area contributed by atoms with Gasteiger partial charge in [-0.25, -0.2) is 0 Å². The summed E-state index contributed by atoms with van der Waals surface area (Å²) in [4.78, 5) is 28.9. The summed E-state index contributed by atoms with van der Waals surface area (Å²) in [6, 6.07) is 25.3. The van der Waals surface area contributed by atoms with Crippen molar-refractivity contribution in [3.63, 3.8) is 0 Å². The van der Waals surface area contributed by atoms with E-state index in [-0.39, 0.29) is 25.0 Å². The summed E-state index contributed by atoms with van der Waals surface area (Å²) in [5, 5.41) is 3.53. The molecule has 1 N–H and O–H groups in total. The Bertz CT molecular complexity index is 1200. The van der Waals surface area contributed by atoms with Crippen molar-refractivity contribution in [3.8, 4) is 5.75 Å².